The molecular formula is C14H16BrClN2. The summed E-state index contributed by atoms with van der Waals surface area (Å²) in [5.74, 6) is 0. The first kappa shape index (κ1) is 13.6. The van der Waals surface area contributed by atoms with Crippen LogP contribution in [0.2, 0.25) is 5.02 Å². The topological polar surface area (TPSA) is 17.8 Å². The molecular weight excluding hydrogens is 312 g/mol. The van der Waals surface area contributed by atoms with Crippen molar-refractivity contribution in [3.8, 4) is 0 Å². The number of hydrogen-bond acceptors (Lipinski definition) is 1. The van der Waals surface area contributed by atoms with Gasteiger partial charge in [-0.05, 0) is 25.3 Å². The van der Waals surface area contributed by atoms with Crippen molar-refractivity contribution in [2.75, 3.05) is 0 Å². The Morgan fingerprint density at radius 1 is 1.33 bits per heavy atom. The summed E-state index contributed by atoms with van der Waals surface area (Å²) in [4.78, 5) is 0.352. The van der Waals surface area contributed by atoms with E-state index in [0.29, 0.717) is 4.83 Å². The molecule has 0 radical (unpaired) electrons. The Kier molecular flexibility index (Phi) is 4.46. The van der Waals surface area contributed by atoms with Crippen molar-refractivity contribution < 1.29 is 0 Å². The van der Waals surface area contributed by atoms with Crippen LogP contribution in [0, 0.1) is 6.92 Å². The minimum absolute atomic E-state index is 0.352. The van der Waals surface area contributed by atoms with Crippen LogP contribution in [0.5, 0.6) is 0 Å². The number of hydrogen-bond donors (Lipinski definition) is 0. The van der Waals surface area contributed by atoms with Crippen LogP contribution >= 0.6 is 27.5 Å². The SMILES string of the molecule is Cc1nn(C)c(CCC(Br)c2ccccc2)c1Cl. The van der Waals surface area contributed by atoms with Gasteiger partial charge in [-0.2, -0.15) is 5.10 Å². The molecule has 1 aromatic carbocycles. The van der Waals surface area contributed by atoms with E-state index in [1.54, 1.807) is 0 Å². The standard InChI is InChI=1S/C14H16BrClN2/c1-10-14(16)13(18(2)17-10)9-8-12(15)11-6-4-3-5-7-11/h3-7,12H,8-9H2,1-2H3. The van der Waals surface area contributed by atoms with Gasteiger partial charge in [-0.25, -0.2) is 0 Å². The molecule has 2 rings (SSSR count). The van der Waals surface area contributed by atoms with E-state index in [1.165, 1.54) is 5.56 Å². The van der Waals surface area contributed by atoms with Crippen molar-refractivity contribution in [2.45, 2.75) is 24.6 Å². The molecule has 4 heteroatoms. The third-order valence-corrected chi connectivity index (χ3v) is 4.54. The molecule has 0 spiro atoms. The van der Waals surface area contributed by atoms with E-state index in [1.807, 2.05) is 24.7 Å². The third-order valence-electron chi connectivity index (χ3n) is 3.06. The van der Waals surface area contributed by atoms with Gasteiger partial charge in [0.1, 0.15) is 0 Å². The highest BCUT2D eigenvalue weighted by atomic mass is 79.9. The van der Waals surface area contributed by atoms with Crippen LogP contribution in [-0.4, -0.2) is 9.78 Å². The number of halogens is 2. The zero-order valence-corrected chi connectivity index (χ0v) is 12.9. The summed E-state index contributed by atoms with van der Waals surface area (Å²) in [6.07, 6.45) is 1.92. The maximum atomic E-state index is 6.24. The molecule has 0 bridgehead atoms. The van der Waals surface area contributed by atoms with Crippen molar-refractivity contribution in [3.05, 3.63) is 52.3 Å². The van der Waals surface area contributed by atoms with Gasteiger partial charge in [-0.1, -0.05) is 57.9 Å². The highest BCUT2D eigenvalue weighted by Crippen LogP contribution is 2.29. The van der Waals surface area contributed by atoms with Crippen LogP contribution in [0.25, 0.3) is 0 Å². The highest BCUT2D eigenvalue weighted by molar-refractivity contribution is 9.09. The molecule has 1 heterocycles. The minimum atomic E-state index is 0.352. The quantitative estimate of drug-likeness (QED) is 0.759. The van der Waals surface area contributed by atoms with Gasteiger partial charge >= 0.3 is 0 Å². The molecule has 0 saturated carbocycles. The van der Waals surface area contributed by atoms with E-state index in [9.17, 15) is 0 Å². The first-order valence-electron chi connectivity index (χ1n) is 5.96. The Labute approximate surface area is 121 Å². The van der Waals surface area contributed by atoms with Gasteiger partial charge in [0.2, 0.25) is 0 Å². The molecule has 2 nitrogen and oxygen atoms in total. The van der Waals surface area contributed by atoms with Gasteiger partial charge in [-0.3, -0.25) is 4.68 Å². The smallest absolute Gasteiger partial charge is 0.0846 e. The molecule has 2 aromatic rings. The fourth-order valence-corrected chi connectivity index (χ4v) is 2.83. The lowest BCUT2D eigenvalue weighted by atomic mass is 10.1. The number of nitrogens with zero attached hydrogens (tertiary/aromatic N) is 2. The summed E-state index contributed by atoms with van der Waals surface area (Å²) < 4.78 is 1.88. The van der Waals surface area contributed by atoms with Crippen molar-refractivity contribution in [3.63, 3.8) is 0 Å². The average molecular weight is 328 g/mol. The summed E-state index contributed by atoms with van der Waals surface area (Å²) in [5.41, 5.74) is 3.31. The Bertz CT molecular complexity index is 522. The number of rotatable bonds is 4. The van der Waals surface area contributed by atoms with E-state index in [-0.39, 0.29) is 0 Å². The zero-order chi connectivity index (χ0) is 13.1. The van der Waals surface area contributed by atoms with Crippen LogP contribution in [0.15, 0.2) is 30.3 Å². The molecule has 0 fully saturated rings. The van der Waals surface area contributed by atoms with E-state index in [4.69, 9.17) is 11.6 Å². The lowest BCUT2D eigenvalue weighted by molar-refractivity contribution is 0.677. The molecule has 1 atom stereocenters. The molecule has 0 aliphatic rings. The molecule has 1 unspecified atom stereocenters. The van der Waals surface area contributed by atoms with E-state index in [0.717, 1.165) is 29.3 Å². The van der Waals surface area contributed by atoms with Crippen LogP contribution in [0.3, 0.4) is 0 Å². The number of benzene rings is 1. The fraction of sp³-hybridized carbons (Fsp3) is 0.357. The van der Waals surface area contributed by atoms with Gasteiger partial charge < -0.3 is 0 Å². The normalized spacial score (nSPS) is 12.7. The van der Waals surface area contributed by atoms with Gasteiger partial charge in [0.15, 0.2) is 0 Å². The second-order valence-corrected chi connectivity index (χ2v) is 5.87. The first-order valence-corrected chi connectivity index (χ1v) is 7.26. The van der Waals surface area contributed by atoms with E-state index in [2.05, 4.69) is 45.3 Å². The largest absolute Gasteiger partial charge is 0.271 e. The summed E-state index contributed by atoms with van der Waals surface area (Å²) in [6, 6.07) is 10.4. The lowest BCUT2D eigenvalue weighted by Crippen LogP contribution is -2.01. The summed E-state index contributed by atoms with van der Waals surface area (Å²) in [6.45, 7) is 1.94. The van der Waals surface area contributed by atoms with Crippen LogP contribution < -0.4 is 0 Å². The van der Waals surface area contributed by atoms with Crippen LogP contribution in [0.1, 0.15) is 28.2 Å². The van der Waals surface area contributed by atoms with Crippen molar-refractivity contribution in [1.29, 1.82) is 0 Å². The minimum Gasteiger partial charge on any atom is -0.271 e. The van der Waals surface area contributed by atoms with Crippen LogP contribution in [-0.2, 0) is 13.5 Å². The average Bonchev–Trinajstić information content (AvgIpc) is 2.62. The third kappa shape index (κ3) is 2.96. The number of aromatic nitrogens is 2. The zero-order valence-electron chi connectivity index (χ0n) is 10.5. The lowest BCUT2D eigenvalue weighted by Gasteiger charge is -2.10. The second-order valence-electron chi connectivity index (χ2n) is 4.39. The molecule has 18 heavy (non-hydrogen) atoms. The Morgan fingerprint density at radius 2 is 2.00 bits per heavy atom. The summed E-state index contributed by atoms with van der Waals surface area (Å²) >= 11 is 9.97. The Morgan fingerprint density at radius 3 is 2.56 bits per heavy atom. The highest BCUT2D eigenvalue weighted by Gasteiger charge is 2.13. The monoisotopic (exact) mass is 326 g/mol. The molecule has 1 aromatic heterocycles. The van der Waals surface area contributed by atoms with Crippen molar-refractivity contribution in [1.82, 2.24) is 9.78 Å². The predicted molar refractivity (Wildman–Crippen MR) is 79.4 cm³/mol. The molecule has 0 aliphatic heterocycles. The van der Waals surface area contributed by atoms with Crippen LogP contribution in [0.4, 0.5) is 0 Å². The van der Waals surface area contributed by atoms with Gasteiger partial charge in [0, 0.05) is 11.9 Å². The van der Waals surface area contributed by atoms with Crippen molar-refractivity contribution in [2.24, 2.45) is 7.05 Å². The molecule has 0 aliphatic carbocycles. The Balaban J connectivity index is 2.04. The fourth-order valence-electron chi connectivity index (χ4n) is 2.04. The van der Waals surface area contributed by atoms with E-state index < -0.39 is 0 Å². The maximum Gasteiger partial charge on any atom is 0.0846 e. The Hall–Kier alpha value is -0.800. The maximum absolute atomic E-state index is 6.24. The molecule has 0 amide bonds. The first-order chi connectivity index (χ1) is 8.59. The number of alkyl halides is 1. The van der Waals surface area contributed by atoms with Gasteiger partial charge in [-0.15, -0.1) is 0 Å². The summed E-state index contributed by atoms with van der Waals surface area (Å²) in [7, 11) is 1.94. The van der Waals surface area contributed by atoms with Gasteiger partial charge in [0.25, 0.3) is 0 Å². The predicted octanol–water partition coefficient (Wildman–Crippen LogP) is 4.45. The van der Waals surface area contributed by atoms with Crippen molar-refractivity contribution >= 4 is 27.5 Å². The second kappa shape index (κ2) is 5.89. The molecule has 96 valence electrons. The summed E-state index contributed by atoms with van der Waals surface area (Å²) in [5, 5.41) is 5.13. The van der Waals surface area contributed by atoms with E-state index >= 15 is 0 Å². The molecule has 0 N–H and O–H groups in total. The van der Waals surface area contributed by atoms with Gasteiger partial charge in [0.05, 0.1) is 16.4 Å². The number of aryl methyl sites for hydroxylation is 2. The molecule has 0 saturated heterocycles.